The molecule has 0 saturated carbocycles. The molecule has 2 saturated heterocycles. The average Bonchev–Trinajstić information content (AvgIpc) is 3.11. The van der Waals surface area contributed by atoms with E-state index in [0.717, 1.165) is 19.3 Å². The summed E-state index contributed by atoms with van der Waals surface area (Å²) in [5.41, 5.74) is 0. The number of carboxylic acid groups (broad SMARTS) is 1. The van der Waals surface area contributed by atoms with Crippen molar-refractivity contribution >= 4 is 11.9 Å². The van der Waals surface area contributed by atoms with Crippen LogP contribution in [0.15, 0.2) is 16.5 Å². The molecule has 0 spiro atoms. The number of fused-ring (bicyclic) bond motifs is 2. The molecular weight excluding hydrogens is 248 g/mol. The van der Waals surface area contributed by atoms with Gasteiger partial charge in [0.05, 0.1) is 12.5 Å². The van der Waals surface area contributed by atoms with Crippen LogP contribution >= 0.6 is 0 Å². The molecule has 3 heterocycles. The zero-order valence-electron chi connectivity index (χ0n) is 10.4. The first-order chi connectivity index (χ1) is 9.13. The van der Waals surface area contributed by atoms with E-state index in [-0.39, 0.29) is 24.1 Å². The van der Waals surface area contributed by atoms with Gasteiger partial charge in [-0.25, -0.2) is 4.79 Å². The zero-order valence-corrected chi connectivity index (χ0v) is 10.4. The lowest BCUT2D eigenvalue weighted by Crippen LogP contribution is -2.37. The van der Waals surface area contributed by atoms with Crippen molar-refractivity contribution in [2.75, 3.05) is 0 Å². The normalized spacial score (nSPS) is 28.5. The number of carbonyl (C=O) groups is 2. The van der Waals surface area contributed by atoms with Crippen LogP contribution in [0.2, 0.25) is 0 Å². The minimum Gasteiger partial charge on any atom is -0.475 e. The summed E-state index contributed by atoms with van der Waals surface area (Å²) in [6.07, 6.45) is 3.12. The summed E-state index contributed by atoms with van der Waals surface area (Å²) >= 11 is 0. The summed E-state index contributed by atoms with van der Waals surface area (Å²) in [4.78, 5) is 22.7. The molecule has 3 N–H and O–H groups in total. The number of carboxylic acids is 1. The summed E-state index contributed by atoms with van der Waals surface area (Å²) in [5.74, 6) is -0.691. The van der Waals surface area contributed by atoms with Crippen LogP contribution in [-0.2, 0) is 11.3 Å². The minimum absolute atomic E-state index is 0.0213. The van der Waals surface area contributed by atoms with Gasteiger partial charge in [-0.1, -0.05) is 0 Å². The summed E-state index contributed by atoms with van der Waals surface area (Å²) in [6.45, 7) is 0.236. The lowest BCUT2D eigenvalue weighted by atomic mass is 9.88. The molecule has 2 fully saturated rings. The van der Waals surface area contributed by atoms with Crippen molar-refractivity contribution in [3.05, 3.63) is 23.7 Å². The summed E-state index contributed by atoms with van der Waals surface area (Å²) in [7, 11) is 0. The molecule has 2 aliphatic heterocycles. The Kier molecular flexibility index (Phi) is 3.02. The van der Waals surface area contributed by atoms with Gasteiger partial charge in [-0.3, -0.25) is 4.79 Å². The van der Waals surface area contributed by atoms with Crippen molar-refractivity contribution in [2.45, 2.75) is 37.9 Å². The van der Waals surface area contributed by atoms with Gasteiger partial charge in [0.25, 0.3) is 0 Å². The smallest absolute Gasteiger partial charge is 0.371 e. The standard InChI is InChI=1S/C13H16N2O4/c16-12(9-5-7-1-3-10(9)15-7)14-6-8-2-4-11(19-8)13(17)18/h2,4,7,9-10,15H,1,3,5-6H2,(H,14,16)(H,17,18). The Labute approximate surface area is 110 Å². The van der Waals surface area contributed by atoms with E-state index in [4.69, 9.17) is 9.52 Å². The van der Waals surface area contributed by atoms with E-state index in [9.17, 15) is 9.59 Å². The fourth-order valence-electron chi connectivity index (χ4n) is 3.01. The highest BCUT2D eigenvalue weighted by Crippen LogP contribution is 2.33. The van der Waals surface area contributed by atoms with Crippen molar-refractivity contribution in [2.24, 2.45) is 5.92 Å². The van der Waals surface area contributed by atoms with E-state index in [1.165, 1.54) is 6.07 Å². The third kappa shape index (κ3) is 2.35. The zero-order chi connectivity index (χ0) is 13.4. The Morgan fingerprint density at radius 3 is 2.84 bits per heavy atom. The molecule has 3 unspecified atom stereocenters. The number of aromatic carboxylic acids is 1. The quantitative estimate of drug-likeness (QED) is 0.746. The van der Waals surface area contributed by atoms with Gasteiger partial charge in [-0.05, 0) is 31.4 Å². The van der Waals surface area contributed by atoms with Crippen LogP contribution in [0.4, 0.5) is 0 Å². The molecule has 6 nitrogen and oxygen atoms in total. The first-order valence-electron chi connectivity index (χ1n) is 6.49. The topological polar surface area (TPSA) is 91.6 Å². The summed E-state index contributed by atoms with van der Waals surface area (Å²) in [6, 6.07) is 3.75. The Bertz CT molecular complexity index is 510. The number of nitrogens with one attached hydrogen (secondary N) is 2. The van der Waals surface area contributed by atoms with Crippen LogP contribution in [0, 0.1) is 5.92 Å². The fourth-order valence-corrected chi connectivity index (χ4v) is 3.01. The minimum atomic E-state index is -1.10. The van der Waals surface area contributed by atoms with Crippen molar-refractivity contribution in [1.29, 1.82) is 0 Å². The molecular formula is C13H16N2O4. The molecule has 1 aromatic rings. The predicted octanol–water partition coefficient (Wildman–Crippen LogP) is 0.734. The van der Waals surface area contributed by atoms with Crippen molar-refractivity contribution < 1.29 is 19.1 Å². The molecule has 0 aromatic carbocycles. The number of rotatable bonds is 4. The number of hydrogen-bond acceptors (Lipinski definition) is 4. The third-order valence-electron chi connectivity index (χ3n) is 3.95. The highest BCUT2D eigenvalue weighted by Gasteiger charge is 2.42. The second kappa shape index (κ2) is 4.70. The number of carbonyl (C=O) groups excluding carboxylic acids is 1. The first kappa shape index (κ1) is 12.2. The van der Waals surface area contributed by atoms with E-state index in [1.54, 1.807) is 6.07 Å². The van der Waals surface area contributed by atoms with E-state index in [0.29, 0.717) is 17.8 Å². The van der Waals surface area contributed by atoms with Crippen LogP contribution < -0.4 is 10.6 Å². The molecule has 1 aromatic heterocycles. The van der Waals surface area contributed by atoms with Crippen molar-refractivity contribution in [3.63, 3.8) is 0 Å². The molecule has 3 rings (SSSR count). The van der Waals surface area contributed by atoms with E-state index >= 15 is 0 Å². The third-order valence-corrected chi connectivity index (χ3v) is 3.95. The predicted molar refractivity (Wildman–Crippen MR) is 65.6 cm³/mol. The Morgan fingerprint density at radius 1 is 1.42 bits per heavy atom. The first-order valence-corrected chi connectivity index (χ1v) is 6.49. The van der Waals surface area contributed by atoms with E-state index < -0.39 is 5.97 Å². The van der Waals surface area contributed by atoms with Crippen molar-refractivity contribution in [1.82, 2.24) is 10.6 Å². The summed E-state index contributed by atoms with van der Waals surface area (Å²) in [5, 5.41) is 15.0. The van der Waals surface area contributed by atoms with Gasteiger partial charge in [-0.2, -0.15) is 0 Å². The number of hydrogen-bond donors (Lipinski definition) is 3. The molecule has 6 heteroatoms. The van der Waals surface area contributed by atoms with Gasteiger partial charge in [0.1, 0.15) is 5.76 Å². The molecule has 0 radical (unpaired) electrons. The molecule has 19 heavy (non-hydrogen) atoms. The average molecular weight is 264 g/mol. The maximum atomic E-state index is 12.0. The van der Waals surface area contributed by atoms with Gasteiger partial charge in [-0.15, -0.1) is 0 Å². The van der Waals surface area contributed by atoms with E-state index in [2.05, 4.69) is 10.6 Å². The maximum Gasteiger partial charge on any atom is 0.371 e. The monoisotopic (exact) mass is 264 g/mol. The molecule has 3 atom stereocenters. The van der Waals surface area contributed by atoms with Crippen LogP contribution in [0.25, 0.3) is 0 Å². The Hall–Kier alpha value is -1.82. The maximum absolute atomic E-state index is 12.0. The van der Waals surface area contributed by atoms with Crippen molar-refractivity contribution in [3.8, 4) is 0 Å². The Morgan fingerprint density at radius 2 is 2.26 bits per heavy atom. The molecule has 0 aliphatic carbocycles. The van der Waals surface area contributed by atoms with Crippen LogP contribution in [-0.4, -0.2) is 29.1 Å². The Balaban J connectivity index is 1.54. The highest BCUT2D eigenvalue weighted by molar-refractivity contribution is 5.84. The van der Waals surface area contributed by atoms with Gasteiger partial charge < -0.3 is 20.2 Å². The van der Waals surface area contributed by atoms with Crippen LogP contribution in [0.1, 0.15) is 35.6 Å². The van der Waals surface area contributed by atoms with Gasteiger partial charge in [0.2, 0.25) is 11.7 Å². The lowest BCUT2D eigenvalue weighted by molar-refractivity contribution is -0.125. The van der Waals surface area contributed by atoms with Gasteiger partial charge in [0.15, 0.2) is 0 Å². The molecule has 2 aliphatic rings. The fraction of sp³-hybridized carbons (Fsp3) is 0.538. The second-order valence-corrected chi connectivity index (χ2v) is 5.18. The molecule has 102 valence electrons. The molecule has 2 bridgehead atoms. The SMILES string of the molecule is O=C(O)c1ccc(CNC(=O)C2CC3CCC2N3)o1. The summed E-state index contributed by atoms with van der Waals surface area (Å²) < 4.78 is 5.09. The molecule has 1 amide bonds. The van der Waals surface area contributed by atoms with Crippen LogP contribution in [0.3, 0.4) is 0 Å². The van der Waals surface area contributed by atoms with E-state index in [1.807, 2.05) is 0 Å². The number of furan rings is 1. The van der Waals surface area contributed by atoms with Gasteiger partial charge in [0, 0.05) is 12.1 Å². The lowest BCUT2D eigenvalue weighted by Gasteiger charge is -2.18. The second-order valence-electron chi connectivity index (χ2n) is 5.18. The largest absolute Gasteiger partial charge is 0.475 e. The van der Waals surface area contributed by atoms with Gasteiger partial charge >= 0.3 is 5.97 Å². The number of amides is 1. The highest BCUT2D eigenvalue weighted by atomic mass is 16.4. The van der Waals surface area contributed by atoms with Crippen LogP contribution in [0.5, 0.6) is 0 Å².